The van der Waals surface area contributed by atoms with Gasteiger partial charge in [0.25, 0.3) is 0 Å². The van der Waals surface area contributed by atoms with Crippen molar-refractivity contribution in [1.82, 2.24) is 19.5 Å². The molecule has 1 N–H and O–H groups in total. The summed E-state index contributed by atoms with van der Waals surface area (Å²) in [5.74, 6) is 1.56. The number of nitrogens with one attached hydrogen (secondary N) is 1. The van der Waals surface area contributed by atoms with Gasteiger partial charge >= 0.3 is 0 Å². The van der Waals surface area contributed by atoms with E-state index in [-0.39, 0.29) is 0 Å². The molecule has 2 heterocycles. The molecule has 0 saturated heterocycles. The van der Waals surface area contributed by atoms with E-state index in [1.807, 2.05) is 28.8 Å². The zero-order chi connectivity index (χ0) is 13.1. The molecule has 0 aliphatic carbocycles. The van der Waals surface area contributed by atoms with Crippen LogP contribution >= 0.6 is 0 Å². The van der Waals surface area contributed by atoms with Crippen LogP contribution in [0.25, 0.3) is 16.9 Å². The smallest absolute Gasteiger partial charge is 0.159 e. The second-order valence-corrected chi connectivity index (χ2v) is 4.29. The van der Waals surface area contributed by atoms with Crippen molar-refractivity contribution in [1.29, 1.82) is 0 Å². The fourth-order valence-electron chi connectivity index (χ4n) is 1.95. The third-order valence-electron chi connectivity index (χ3n) is 2.88. The van der Waals surface area contributed by atoms with E-state index in [2.05, 4.69) is 27.2 Å². The Kier molecular flexibility index (Phi) is 3.10. The molecule has 5 heteroatoms. The number of benzene rings is 1. The van der Waals surface area contributed by atoms with Gasteiger partial charge in [-0.15, -0.1) is 0 Å². The van der Waals surface area contributed by atoms with Crippen LogP contribution in [-0.4, -0.2) is 26.1 Å². The standard InChI is InChI=1S/C14H15N5/c1-2-7-16-13-8-15-9-14(18-13)19-10-17-11-5-3-4-6-12(11)19/h3-6,8-10H,2,7H2,1H3,(H,16,18). The van der Waals surface area contributed by atoms with Crippen LogP contribution in [0.15, 0.2) is 43.0 Å². The first-order valence-electron chi connectivity index (χ1n) is 6.37. The molecule has 3 rings (SSSR count). The highest BCUT2D eigenvalue weighted by atomic mass is 15.1. The Morgan fingerprint density at radius 3 is 3.00 bits per heavy atom. The Morgan fingerprint density at radius 2 is 2.11 bits per heavy atom. The highest BCUT2D eigenvalue weighted by Gasteiger charge is 2.05. The van der Waals surface area contributed by atoms with Crippen LogP contribution < -0.4 is 5.32 Å². The van der Waals surface area contributed by atoms with E-state index in [4.69, 9.17) is 0 Å². The zero-order valence-electron chi connectivity index (χ0n) is 10.7. The molecule has 0 radical (unpaired) electrons. The van der Waals surface area contributed by atoms with E-state index in [1.54, 1.807) is 18.7 Å². The fourth-order valence-corrected chi connectivity index (χ4v) is 1.95. The molecule has 0 aliphatic rings. The Morgan fingerprint density at radius 1 is 1.21 bits per heavy atom. The van der Waals surface area contributed by atoms with E-state index < -0.39 is 0 Å². The molecule has 0 unspecified atom stereocenters. The van der Waals surface area contributed by atoms with Gasteiger partial charge in [-0.05, 0) is 18.6 Å². The number of para-hydroxylation sites is 2. The molecular weight excluding hydrogens is 238 g/mol. The minimum absolute atomic E-state index is 0.773. The molecule has 0 aliphatic heterocycles. The number of hydrogen-bond donors (Lipinski definition) is 1. The molecule has 0 saturated carbocycles. The maximum absolute atomic E-state index is 4.55. The van der Waals surface area contributed by atoms with E-state index >= 15 is 0 Å². The molecule has 1 aromatic carbocycles. The number of fused-ring (bicyclic) bond motifs is 1. The topological polar surface area (TPSA) is 55.6 Å². The molecule has 5 nitrogen and oxygen atoms in total. The maximum Gasteiger partial charge on any atom is 0.159 e. The van der Waals surface area contributed by atoms with Crippen molar-refractivity contribution in [2.75, 3.05) is 11.9 Å². The van der Waals surface area contributed by atoms with Gasteiger partial charge in [0.2, 0.25) is 0 Å². The summed E-state index contributed by atoms with van der Waals surface area (Å²) in [6.45, 7) is 3.01. The second-order valence-electron chi connectivity index (χ2n) is 4.29. The van der Waals surface area contributed by atoms with Crippen molar-refractivity contribution in [3.8, 4) is 5.82 Å². The predicted molar refractivity (Wildman–Crippen MR) is 75.4 cm³/mol. The minimum Gasteiger partial charge on any atom is -0.369 e. The first-order valence-corrected chi connectivity index (χ1v) is 6.37. The summed E-state index contributed by atoms with van der Waals surface area (Å²) in [5, 5.41) is 3.24. The summed E-state index contributed by atoms with van der Waals surface area (Å²) in [4.78, 5) is 13.1. The van der Waals surface area contributed by atoms with Crippen LogP contribution in [0, 0.1) is 0 Å². The van der Waals surface area contributed by atoms with Crippen molar-refractivity contribution >= 4 is 16.9 Å². The van der Waals surface area contributed by atoms with Crippen LogP contribution in [0.1, 0.15) is 13.3 Å². The van der Waals surface area contributed by atoms with Crippen molar-refractivity contribution in [3.05, 3.63) is 43.0 Å². The van der Waals surface area contributed by atoms with Crippen molar-refractivity contribution in [3.63, 3.8) is 0 Å². The Labute approximate surface area is 111 Å². The SMILES string of the molecule is CCCNc1cncc(-n2cnc3ccccc32)n1. The fraction of sp³-hybridized carbons (Fsp3) is 0.214. The van der Waals surface area contributed by atoms with E-state index in [9.17, 15) is 0 Å². The highest BCUT2D eigenvalue weighted by Crippen LogP contribution is 2.16. The lowest BCUT2D eigenvalue weighted by molar-refractivity contribution is 0.945. The highest BCUT2D eigenvalue weighted by molar-refractivity contribution is 5.76. The number of hydrogen-bond acceptors (Lipinski definition) is 4. The van der Waals surface area contributed by atoms with Crippen molar-refractivity contribution in [2.24, 2.45) is 0 Å². The number of rotatable bonds is 4. The second kappa shape index (κ2) is 5.06. The van der Waals surface area contributed by atoms with Gasteiger partial charge in [0.1, 0.15) is 12.1 Å². The van der Waals surface area contributed by atoms with E-state index in [0.29, 0.717) is 0 Å². The molecule has 96 valence electrons. The molecule has 0 amide bonds. The van der Waals surface area contributed by atoms with Crippen LogP contribution in [0.4, 0.5) is 5.82 Å². The maximum atomic E-state index is 4.55. The van der Waals surface area contributed by atoms with Gasteiger partial charge in [-0.3, -0.25) is 9.55 Å². The molecular formula is C14H15N5. The summed E-state index contributed by atoms with van der Waals surface area (Å²) in [5.41, 5.74) is 1.99. The van der Waals surface area contributed by atoms with Crippen LogP contribution in [0.2, 0.25) is 0 Å². The lowest BCUT2D eigenvalue weighted by atomic mass is 10.3. The lowest BCUT2D eigenvalue weighted by Gasteiger charge is -2.06. The summed E-state index contributed by atoms with van der Waals surface area (Å²) >= 11 is 0. The molecule has 3 aromatic rings. The average molecular weight is 253 g/mol. The molecule has 0 bridgehead atoms. The van der Waals surface area contributed by atoms with Crippen molar-refractivity contribution in [2.45, 2.75) is 13.3 Å². The predicted octanol–water partition coefficient (Wildman–Crippen LogP) is 2.64. The minimum atomic E-state index is 0.773. The Balaban J connectivity index is 2.01. The monoisotopic (exact) mass is 253 g/mol. The third kappa shape index (κ3) is 2.27. The van der Waals surface area contributed by atoms with Crippen LogP contribution in [0.3, 0.4) is 0 Å². The van der Waals surface area contributed by atoms with Crippen LogP contribution in [0.5, 0.6) is 0 Å². The molecule has 0 fully saturated rings. The zero-order valence-corrected chi connectivity index (χ0v) is 10.7. The van der Waals surface area contributed by atoms with Gasteiger partial charge in [-0.1, -0.05) is 19.1 Å². The number of imidazole rings is 1. The first-order chi connectivity index (χ1) is 9.38. The first kappa shape index (κ1) is 11.6. The van der Waals surface area contributed by atoms with Gasteiger partial charge < -0.3 is 5.32 Å². The van der Waals surface area contributed by atoms with E-state index in [1.165, 1.54) is 0 Å². The number of anilines is 1. The summed E-state index contributed by atoms with van der Waals surface area (Å²) in [7, 11) is 0. The lowest BCUT2D eigenvalue weighted by Crippen LogP contribution is -2.05. The molecule has 0 atom stereocenters. The summed E-state index contributed by atoms with van der Waals surface area (Å²) in [6, 6.07) is 7.98. The van der Waals surface area contributed by atoms with Crippen molar-refractivity contribution < 1.29 is 0 Å². The summed E-state index contributed by atoms with van der Waals surface area (Å²) in [6.07, 6.45) is 6.31. The number of aromatic nitrogens is 4. The molecule has 19 heavy (non-hydrogen) atoms. The Bertz CT molecular complexity index is 689. The largest absolute Gasteiger partial charge is 0.369 e. The average Bonchev–Trinajstić information content (AvgIpc) is 2.89. The Hall–Kier alpha value is -2.43. The quantitative estimate of drug-likeness (QED) is 0.776. The van der Waals surface area contributed by atoms with E-state index in [0.717, 1.165) is 35.6 Å². The third-order valence-corrected chi connectivity index (χ3v) is 2.88. The van der Waals surface area contributed by atoms with Gasteiger partial charge in [0, 0.05) is 6.54 Å². The summed E-state index contributed by atoms with van der Waals surface area (Å²) < 4.78 is 1.94. The normalized spacial score (nSPS) is 10.8. The number of nitrogens with zero attached hydrogens (tertiary/aromatic N) is 4. The molecule has 2 aromatic heterocycles. The van der Waals surface area contributed by atoms with Crippen LogP contribution in [-0.2, 0) is 0 Å². The van der Waals surface area contributed by atoms with Gasteiger partial charge in [0.15, 0.2) is 5.82 Å². The van der Waals surface area contributed by atoms with Gasteiger partial charge in [-0.2, -0.15) is 0 Å². The van der Waals surface area contributed by atoms with Gasteiger partial charge in [-0.25, -0.2) is 9.97 Å². The molecule has 0 spiro atoms. The van der Waals surface area contributed by atoms with Gasteiger partial charge in [0.05, 0.1) is 23.4 Å².